The van der Waals surface area contributed by atoms with E-state index in [0.717, 1.165) is 5.56 Å². The lowest BCUT2D eigenvalue weighted by molar-refractivity contribution is 0.0736. The van der Waals surface area contributed by atoms with Gasteiger partial charge in [-0.2, -0.15) is 0 Å². The average Bonchev–Trinajstić information content (AvgIpc) is 3.24. The van der Waals surface area contributed by atoms with Gasteiger partial charge in [-0.1, -0.05) is 23.7 Å². The Hall–Kier alpha value is -3.82. The van der Waals surface area contributed by atoms with E-state index in [-0.39, 0.29) is 12.5 Å². The zero-order chi connectivity index (χ0) is 27.7. The molecule has 2 heterocycles. The van der Waals surface area contributed by atoms with Gasteiger partial charge in [-0.3, -0.25) is 4.79 Å². The average molecular weight is 613 g/mol. The highest BCUT2D eigenvalue weighted by molar-refractivity contribution is 9.10. The summed E-state index contributed by atoms with van der Waals surface area (Å²) in [6, 6.07) is 16.2. The third-order valence-electron chi connectivity index (χ3n) is 6.56. The van der Waals surface area contributed by atoms with Crippen LogP contribution in [0, 0.1) is 5.82 Å². The van der Waals surface area contributed by atoms with Crippen molar-refractivity contribution in [2.45, 2.75) is 12.6 Å². The van der Waals surface area contributed by atoms with Crippen molar-refractivity contribution in [2.75, 3.05) is 26.6 Å². The number of methoxy groups -OCH3 is 3. The highest BCUT2D eigenvalue weighted by Crippen LogP contribution is 2.47. The summed E-state index contributed by atoms with van der Waals surface area (Å²) in [5, 5.41) is 3.59. The largest absolute Gasteiger partial charge is 0.497 e. The minimum absolute atomic E-state index is 0.243. The van der Waals surface area contributed by atoms with E-state index in [0.29, 0.717) is 54.9 Å². The predicted molar refractivity (Wildman–Crippen MR) is 151 cm³/mol. The fraction of sp³-hybridized carbons (Fsp3) is 0.172. The first kappa shape index (κ1) is 26.8. The molecule has 200 valence electrons. The van der Waals surface area contributed by atoms with Crippen LogP contribution in [0.1, 0.15) is 33.1 Å². The summed E-state index contributed by atoms with van der Waals surface area (Å²) in [6.07, 6.45) is 1.61. The molecule has 1 aromatic heterocycles. The van der Waals surface area contributed by atoms with Crippen LogP contribution in [-0.4, -0.2) is 37.1 Å². The molecule has 1 N–H and O–H groups in total. The van der Waals surface area contributed by atoms with Crippen LogP contribution in [0.4, 0.5) is 15.9 Å². The van der Waals surface area contributed by atoms with Crippen molar-refractivity contribution in [3.63, 3.8) is 0 Å². The monoisotopic (exact) mass is 611 g/mol. The summed E-state index contributed by atoms with van der Waals surface area (Å²) in [5.41, 5.74) is 2.91. The highest BCUT2D eigenvalue weighted by atomic mass is 79.9. The molecule has 0 radical (unpaired) electrons. The number of amides is 1. The molecule has 0 spiro atoms. The third-order valence-corrected chi connectivity index (χ3v) is 7.53. The number of anilines is 2. The topological polar surface area (TPSA) is 72.9 Å². The molecule has 0 aliphatic carbocycles. The van der Waals surface area contributed by atoms with Crippen molar-refractivity contribution >= 4 is 44.9 Å². The van der Waals surface area contributed by atoms with E-state index >= 15 is 0 Å². The number of pyridine rings is 1. The number of carbonyl (C=O) groups is 1. The molecule has 1 unspecified atom stereocenters. The van der Waals surface area contributed by atoms with E-state index in [1.807, 2.05) is 24.3 Å². The van der Waals surface area contributed by atoms with Gasteiger partial charge < -0.3 is 24.4 Å². The fourth-order valence-electron chi connectivity index (χ4n) is 4.67. The van der Waals surface area contributed by atoms with Gasteiger partial charge in [-0.05, 0) is 64.0 Å². The number of aromatic nitrogens is 1. The molecule has 1 amide bonds. The molecule has 1 atom stereocenters. The third kappa shape index (κ3) is 5.12. The summed E-state index contributed by atoms with van der Waals surface area (Å²) >= 11 is 10.2. The van der Waals surface area contributed by atoms with Gasteiger partial charge in [-0.25, -0.2) is 9.37 Å². The summed E-state index contributed by atoms with van der Waals surface area (Å²) in [5.74, 6) is 1.43. The molecule has 10 heteroatoms. The number of benzene rings is 3. The quantitative estimate of drug-likeness (QED) is 0.228. The molecule has 0 bridgehead atoms. The van der Waals surface area contributed by atoms with Gasteiger partial charge in [0.05, 0.1) is 38.6 Å². The maximum atomic E-state index is 14.5. The number of nitrogens with zero attached hydrogens (tertiary/aromatic N) is 2. The van der Waals surface area contributed by atoms with Crippen molar-refractivity contribution in [3.8, 4) is 17.2 Å². The Balaban J connectivity index is 1.64. The Morgan fingerprint density at radius 3 is 2.41 bits per heavy atom. The number of rotatable bonds is 8. The molecule has 0 saturated heterocycles. The first-order valence-corrected chi connectivity index (χ1v) is 13.1. The van der Waals surface area contributed by atoms with Crippen molar-refractivity contribution in [1.29, 1.82) is 0 Å². The maximum Gasteiger partial charge on any atom is 0.259 e. The lowest BCUT2D eigenvalue weighted by Gasteiger charge is -2.27. The number of halogens is 3. The van der Waals surface area contributed by atoms with Crippen molar-refractivity contribution in [1.82, 2.24) is 9.88 Å². The number of carbonyl (C=O) groups excluding carboxylic acids is 1. The maximum absolute atomic E-state index is 14.5. The number of fused-ring (bicyclic) bond motifs is 1. The lowest BCUT2D eigenvalue weighted by atomic mass is 9.98. The Bertz CT molecular complexity index is 1550. The molecule has 5 rings (SSSR count). The second-order valence-corrected chi connectivity index (χ2v) is 10.0. The predicted octanol–water partition coefficient (Wildman–Crippen LogP) is 7.15. The number of hydrogen-bond acceptors (Lipinski definition) is 6. The summed E-state index contributed by atoms with van der Waals surface area (Å²) < 4.78 is 31.2. The zero-order valence-corrected chi connectivity index (χ0v) is 23.6. The van der Waals surface area contributed by atoms with Crippen LogP contribution in [0.2, 0.25) is 5.02 Å². The SMILES string of the molecule is COc1ccc(CN2C(=O)c3c(Nc4ccc(OC)cc4OC)ncc(Br)c3C2c2cc(F)ccc2Cl)cc1. The molecular weight excluding hydrogens is 589 g/mol. The van der Waals surface area contributed by atoms with Gasteiger partial charge >= 0.3 is 0 Å². The molecular formula is C29H24BrClFN3O4. The zero-order valence-electron chi connectivity index (χ0n) is 21.3. The minimum atomic E-state index is -0.673. The van der Waals surface area contributed by atoms with Crippen molar-refractivity contribution < 1.29 is 23.4 Å². The first-order chi connectivity index (χ1) is 18.8. The van der Waals surface area contributed by atoms with Gasteiger partial charge in [0.25, 0.3) is 5.91 Å². The van der Waals surface area contributed by atoms with Crippen LogP contribution >= 0.6 is 27.5 Å². The molecule has 1 aliphatic heterocycles. The van der Waals surface area contributed by atoms with E-state index < -0.39 is 11.9 Å². The fourth-order valence-corrected chi connectivity index (χ4v) is 5.40. The summed E-state index contributed by atoms with van der Waals surface area (Å²) in [6.45, 7) is 0.243. The van der Waals surface area contributed by atoms with E-state index in [2.05, 4.69) is 26.2 Å². The second kappa shape index (κ2) is 11.1. The first-order valence-electron chi connectivity index (χ1n) is 11.9. The van der Waals surface area contributed by atoms with Crippen molar-refractivity contribution in [2.24, 2.45) is 0 Å². The van der Waals surface area contributed by atoms with Crippen LogP contribution in [0.25, 0.3) is 0 Å². The van der Waals surface area contributed by atoms with E-state index in [1.54, 1.807) is 50.6 Å². The van der Waals surface area contributed by atoms with Gasteiger partial charge in [-0.15, -0.1) is 0 Å². The summed E-state index contributed by atoms with van der Waals surface area (Å²) in [7, 11) is 4.70. The molecule has 4 aromatic rings. The van der Waals surface area contributed by atoms with Crippen LogP contribution in [0.5, 0.6) is 17.2 Å². The van der Waals surface area contributed by atoms with Crippen molar-refractivity contribution in [3.05, 3.63) is 104 Å². The molecule has 39 heavy (non-hydrogen) atoms. The summed E-state index contributed by atoms with van der Waals surface area (Å²) in [4.78, 5) is 20.3. The van der Waals surface area contributed by atoms with Gasteiger partial charge in [0.1, 0.15) is 28.9 Å². The van der Waals surface area contributed by atoms with Gasteiger partial charge in [0.2, 0.25) is 0 Å². The smallest absolute Gasteiger partial charge is 0.259 e. The second-order valence-electron chi connectivity index (χ2n) is 8.78. The highest BCUT2D eigenvalue weighted by Gasteiger charge is 2.42. The van der Waals surface area contributed by atoms with Crippen LogP contribution < -0.4 is 19.5 Å². The molecule has 3 aromatic carbocycles. The van der Waals surface area contributed by atoms with E-state index in [9.17, 15) is 9.18 Å². The molecule has 0 saturated carbocycles. The van der Waals surface area contributed by atoms with Gasteiger partial charge in [0.15, 0.2) is 0 Å². The number of nitrogens with one attached hydrogen (secondary N) is 1. The van der Waals surface area contributed by atoms with Gasteiger partial charge in [0, 0.05) is 39.4 Å². The van der Waals surface area contributed by atoms with Crippen LogP contribution in [0.3, 0.4) is 0 Å². The molecule has 7 nitrogen and oxygen atoms in total. The Labute approximate surface area is 238 Å². The minimum Gasteiger partial charge on any atom is -0.497 e. The number of hydrogen-bond donors (Lipinski definition) is 1. The standard InChI is InChI=1S/C29H24BrClFN3O4/c1-37-18-7-4-16(5-8-18)15-35-27(20-12-17(32)6-10-22(20)31)25-21(30)14-33-28(26(25)29(35)36)34-23-11-9-19(38-2)13-24(23)39-3/h4-14,27H,15H2,1-3H3,(H,33,34). The molecule has 0 fully saturated rings. The Morgan fingerprint density at radius 2 is 1.72 bits per heavy atom. The molecule has 1 aliphatic rings. The van der Waals surface area contributed by atoms with Crippen LogP contribution in [0.15, 0.2) is 71.3 Å². The Kier molecular flexibility index (Phi) is 7.63. The van der Waals surface area contributed by atoms with E-state index in [1.165, 1.54) is 18.2 Å². The normalized spacial score (nSPS) is 14.3. The number of ether oxygens (including phenoxy) is 3. The lowest BCUT2D eigenvalue weighted by Crippen LogP contribution is -2.28. The van der Waals surface area contributed by atoms with E-state index in [4.69, 9.17) is 25.8 Å². The van der Waals surface area contributed by atoms with Crippen LogP contribution in [-0.2, 0) is 6.54 Å². The Morgan fingerprint density at radius 1 is 1.00 bits per heavy atom.